The Morgan fingerprint density at radius 3 is 2.37 bits per heavy atom. The Hall–Kier alpha value is -0.820. The lowest BCUT2D eigenvalue weighted by molar-refractivity contribution is 0.354. The molecule has 0 aromatic heterocycles. The van der Waals surface area contributed by atoms with Crippen LogP contribution in [0.2, 0.25) is 0 Å². The molecule has 1 atom stereocenters. The van der Waals surface area contributed by atoms with Gasteiger partial charge in [-0.05, 0) is 33.6 Å². The Balaban J connectivity index is 4.18. The highest BCUT2D eigenvalue weighted by atomic mass is 32.2. The summed E-state index contributed by atoms with van der Waals surface area (Å²) in [5.74, 6) is 0.421. The highest BCUT2D eigenvalue weighted by Crippen LogP contribution is 2.05. The van der Waals surface area contributed by atoms with Gasteiger partial charge >= 0.3 is 0 Å². The molecule has 0 radical (unpaired) electrons. The molecular formula is C12H28N4O2S. The normalized spacial score (nSPS) is 15.0. The van der Waals surface area contributed by atoms with E-state index in [9.17, 15) is 8.42 Å². The maximum absolute atomic E-state index is 11.5. The van der Waals surface area contributed by atoms with E-state index in [-0.39, 0.29) is 6.04 Å². The highest BCUT2D eigenvalue weighted by molar-refractivity contribution is 7.88. The van der Waals surface area contributed by atoms with Crippen molar-refractivity contribution in [3.63, 3.8) is 0 Å². The van der Waals surface area contributed by atoms with Crippen LogP contribution in [0.3, 0.4) is 0 Å². The lowest BCUT2D eigenvalue weighted by atomic mass is 10.3. The number of nitrogens with zero attached hydrogens (tertiary/aromatic N) is 2. The fraction of sp³-hybridized carbons (Fsp3) is 0.917. The molecule has 0 heterocycles. The topological polar surface area (TPSA) is 87.8 Å². The molecule has 0 aromatic carbocycles. The quantitative estimate of drug-likeness (QED) is 0.392. The molecule has 0 fully saturated rings. The molecule has 0 spiro atoms. The molecule has 114 valence electrons. The fourth-order valence-electron chi connectivity index (χ4n) is 1.63. The smallest absolute Gasteiger partial charge is 0.211 e. The van der Waals surface area contributed by atoms with E-state index < -0.39 is 10.0 Å². The van der Waals surface area contributed by atoms with Gasteiger partial charge in [-0.15, -0.1) is 0 Å². The Kier molecular flexibility index (Phi) is 8.01. The number of hydrogen-bond donors (Lipinski definition) is 2. The number of nitrogens with two attached hydrogens (primary N) is 1. The Bertz CT molecular complexity index is 379. The zero-order valence-electron chi connectivity index (χ0n) is 12.7. The standard InChI is InChI=1S/C12H28N4O2S/c1-6-11(4)15-12(13)14-8-7-9-16(10(2)3)19(5,17)18/h10-11H,6-9H2,1-5H3,(H3,13,14,15). The van der Waals surface area contributed by atoms with Gasteiger partial charge in [0, 0.05) is 25.2 Å². The van der Waals surface area contributed by atoms with Gasteiger partial charge in [0.05, 0.1) is 6.26 Å². The van der Waals surface area contributed by atoms with Crippen LogP contribution in [0.25, 0.3) is 0 Å². The van der Waals surface area contributed by atoms with Crippen molar-refractivity contribution in [2.75, 3.05) is 19.3 Å². The van der Waals surface area contributed by atoms with Gasteiger partial charge in [0.1, 0.15) is 0 Å². The van der Waals surface area contributed by atoms with Crippen LogP contribution in [-0.2, 0) is 10.0 Å². The lowest BCUT2D eigenvalue weighted by Gasteiger charge is -2.23. The molecule has 0 aliphatic carbocycles. The second-order valence-corrected chi connectivity index (χ2v) is 6.98. The third-order valence-corrected chi connectivity index (χ3v) is 4.28. The maximum atomic E-state index is 11.5. The van der Waals surface area contributed by atoms with Crippen molar-refractivity contribution in [3.8, 4) is 0 Å². The van der Waals surface area contributed by atoms with E-state index in [0.29, 0.717) is 31.5 Å². The first-order valence-electron chi connectivity index (χ1n) is 6.71. The van der Waals surface area contributed by atoms with Gasteiger partial charge in [0.25, 0.3) is 0 Å². The van der Waals surface area contributed by atoms with Crippen LogP contribution >= 0.6 is 0 Å². The van der Waals surface area contributed by atoms with E-state index in [1.807, 2.05) is 20.8 Å². The minimum absolute atomic E-state index is 0.0328. The van der Waals surface area contributed by atoms with E-state index in [2.05, 4.69) is 17.2 Å². The SMILES string of the molecule is CCC(C)NC(N)=NCCCN(C(C)C)S(C)(=O)=O. The van der Waals surface area contributed by atoms with Gasteiger partial charge in [-0.2, -0.15) is 4.31 Å². The first-order chi connectivity index (χ1) is 8.68. The maximum Gasteiger partial charge on any atom is 0.211 e. The van der Waals surface area contributed by atoms with Crippen molar-refractivity contribution in [2.45, 2.75) is 52.6 Å². The third-order valence-electron chi connectivity index (χ3n) is 2.83. The van der Waals surface area contributed by atoms with Gasteiger partial charge in [0.2, 0.25) is 10.0 Å². The predicted molar refractivity (Wildman–Crippen MR) is 80.7 cm³/mol. The fourth-order valence-corrected chi connectivity index (χ4v) is 2.86. The van der Waals surface area contributed by atoms with Crippen LogP contribution in [-0.4, -0.2) is 50.1 Å². The molecule has 0 bridgehead atoms. The van der Waals surface area contributed by atoms with Crippen molar-refractivity contribution in [2.24, 2.45) is 10.7 Å². The monoisotopic (exact) mass is 292 g/mol. The van der Waals surface area contributed by atoms with Crippen LogP contribution in [0.4, 0.5) is 0 Å². The molecule has 0 saturated carbocycles. The molecule has 7 heteroatoms. The summed E-state index contributed by atoms with van der Waals surface area (Å²) >= 11 is 0. The Morgan fingerprint density at radius 1 is 1.37 bits per heavy atom. The number of guanidine groups is 1. The van der Waals surface area contributed by atoms with Crippen molar-refractivity contribution >= 4 is 16.0 Å². The second-order valence-electron chi connectivity index (χ2n) is 5.04. The molecule has 0 rings (SSSR count). The summed E-state index contributed by atoms with van der Waals surface area (Å²) in [5.41, 5.74) is 5.72. The third kappa shape index (κ3) is 8.05. The molecule has 0 aromatic rings. The number of nitrogens with one attached hydrogen (secondary N) is 1. The average molecular weight is 292 g/mol. The van der Waals surface area contributed by atoms with Crippen LogP contribution in [0, 0.1) is 0 Å². The van der Waals surface area contributed by atoms with E-state index in [4.69, 9.17) is 5.73 Å². The number of aliphatic imine (C=N–C) groups is 1. The van der Waals surface area contributed by atoms with E-state index >= 15 is 0 Å². The molecule has 0 amide bonds. The largest absolute Gasteiger partial charge is 0.370 e. The number of rotatable bonds is 8. The molecule has 19 heavy (non-hydrogen) atoms. The van der Waals surface area contributed by atoms with Crippen LogP contribution in [0.15, 0.2) is 4.99 Å². The summed E-state index contributed by atoms with van der Waals surface area (Å²) in [6.45, 7) is 8.82. The van der Waals surface area contributed by atoms with Crippen molar-refractivity contribution < 1.29 is 8.42 Å². The van der Waals surface area contributed by atoms with Gasteiger partial charge in [-0.25, -0.2) is 8.42 Å². The molecule has 0 aliphatic rings. The number of hydrogen-bond acceptors (Lipinski definition) is 3. The van der Waals surface area contributed by atoms with E-state index in [1.165, 1.54) is 10.6 Å². The summed E-state index contributed by atoms with van der Waals surface area (Å²) in [6, 6.07) is 0.265. The van der Waals surface area contributed by atoms with E-state index in [0.717, 1.165) is 6.42 Å². The molecular weight excluding hydrogens is 264 g/mol. The van der Waals surface area contributed by atoms with Gasteiger partial charge in [-0.3, -0.25) is 4.99 Å². The summed E-state index contributed by atoms with van der Waals surface area (Å²) in [4.78, 5) is 4.19. The minimum Gasteiger partial charge on any atom is -0.370 e. The number of sulfonamides is 1. The Labute approximate surface area is 117 Å². The van der Waals surface area contributed by atoms with Crippen molar-refractivity contribution in [1.29, 1.82) is 0 Å². The summed E-state index contributed by atoms with van der Waals surface area (Å²) < 4.78 is 24.5. The first kappa shape index (κ1) is 18.2. The van der Waals surface area contributed by atoms with Crippen LogP contribution in [0.5, 0.6) is 0 Å². The van der Waals surface area contributed by atoms with Gasteiger partial charge < -0.3 is 11.1 Å². The zero-order valence-corrected chi connectivity index (χ0v) is 13.5. The van der Waals surface area contributed by atoms with E-state index in [1.54, 1.807) is 0 Å². The second kappa shape index (κ2) is 8.37. The molecule has 1 unspecified atom stereocenters. The molecule has 0 saturated heterocycles. The average Bonchev–Trinajstić information content (AvgIpc) is 2.26. The predicted octanol–water partition coefficient (Wildman–Crippen LogP) is 0.749. The molecule has 6 nitrogen and oxygen atoms in total. The summed E-state index contributed by atoms with van der Waals surface area (Å²) in [5, 5.41) is 3.07. The van der Waals surface area contributed by atoms with Crippen molar-refractivity contribution in [1.82, 2.24) is 9.62 Å². The highest BCUT2D eigenvalue weighted by Gasteiger charge is 2.18. The molecule has 0 aliphatic heterocycles. The van der Waals surface area contributed by atoms with Crippen molar-refractivity contribution in [3.05, 3.63) is 0 Å². The zero-order chi connectivity index (χ0) is 15.1. The van der Waals surface area contributed by atoms with Gasteiger partial charge in [0.15, 0.2) is 5.96 Å². The summed E-state index contributed by atoms with van der Waals surface area (Å²) in [6.07, 6.45) is 2.87. The van der Waals surface area contributed by atoms with Gasteiger partial charge in [-0.1, -0.05) is 6.92 Å². The minimum atomic E-state index is -3.15. The van der Waals surface area contributed by atoms with Crippen LogP contribution < -0.4 is 11.1 Å². The summed E-state index contributed by atoms with van der Waals surface area (Å²) in [7, 11) is -3.15. The lowest BCUT2D eigenvalue weighted by Crippen LogP contribution is -2.39. The molecule has 3 N–H and O–H groups in total. The van der Waals surface area contributed by atoms with Crippen LogP contribution in [0.1, 0.15) is 40.5 Å². The first-order valence-corrected chi connectivity index (χ1v) is 8.56. The Morgan fingerprint density at radius 2 is 1.95 bits per heavy atom.